The number of unbranched alkanes of at least 4 members (excludes halogenated alkanes) is 6. The average Bonchev–Trinajstić information content (AvgIpc) is 3.12. The van der Waals surface area contributed by atoms with E-state index in [9.17, 15) is 9.90 Å². The van der Waals surface area contributed by atoms with E-state index in [1.54, 1.807) is 0 Å². The van der Waals surface area contributed by atoms with Gasteiger partial charge in [0.25, 0.3) is 0 Å². The molecule has 0 amide bonds. The van der Waals surface area contributed by atoms with Crippen molar-refractivity contribution in [1.82, 2.24) is 0 Å². The van der Waals surface area contributed by atoms with E-state index in [1.165, 1.54) is 45.4 Å². The number of carbonyl (C=O) groups excluding carboxylic acids is 1. The smallest absolute Gasteiger partial charge is 0.302 e. The molecule has 1 aliphatic rings. The highest BCUT2D eigenvalue weighted by Gasteiger charge is 2.23. The van der Waals surface area contributed by atoms with Crippen molar-refractivity contribution in [2.75, 3.05) is 6.61 Å². The van der Waals surface area contributed by atoms with Gasteiger partial charge in [0.05, 0.1) is 12.2 Å². The Morgan fingerprint density at radius 2 is 1.86 bits per heavy atom. The van der Waals surface area contributed by atoms with Crippen molar-refractivity contribution in [3.8, 4) is 0 Å². The van der Waals surface area contributed by atoms with Gasteiger partial charge in [-0.2, -0.15) is 0 Å². The lowest BCUT2D eigenvalue weighted by Gasteiger charge is -2.25. The zero-order valence-corrected chi connectivity index (χ0v) is 18.6. The molecule has 0 saturated heterocycles. The second-order valence-corrected chi connectivity index (χ2v) is 8.57. The van der Waals surface area contributed by atoms with Crippen LogP contribution in [0.15, 0.2) is 24.3 Å². The lowest BCUT2D eigenvalue weighted by Crippen LogP contribution is -2.26. The molecule has 28 heavy (non-hydrogen) atoms. The molecule has 3 nitrogen and oxygen atoms in total. The van der Waals surface area contributed by atoms with Crippen LogP contribution in [-0.4, -0.2) is 23.3 Å². The van der Waals surface area contributed by atoms with E-state index in [0.717, 1.165) is 50.9 Å². The fourth-order valence-corrected chi connectivity index (χ4v) is 4.06. The van der Waals surface area contributed by atoms with Crippen LogP contribution in [0.25, 0.3) is 0 Å². The first kappa shape index (κ1) is 24.9. The highest BCUT2D eigenvalue weighted by atomic mass is 16.5. The predicted molar refractivity (Wildman–Crippen MR) is 118 cm³/mol. The van der Waals surface area contributed by atoms with Gasteiger partial charge in [-0.05, 0) is 50.4 Å². The van der Waals surface area contributed by atoms with Crippen LogP contribution in [0.1, 0.15) is 104 Å². The lowest BCUT2D eigenvalue weighted by molar-refractivity contribution is -0.141. The normalized spacial score (nSPS) is 21.3. The summed E-state index contributed by atoms with van der Waals surface area (Å²) < 4.78 is 4.96. The van der Waals surface area contributed by atoms with Gasteiger partial charge in [-0.1, -0.05) is 83.1 Å². The molecule has 0 aromatic carbocycles. The largest absolute Gasteiger partial charge is 0.466 e. The highest BCUT2D eigenvalue weighted by molar-refractivity contribution is 5.65. The Kier molecular flexibility index (Phi) is 13.2. The zero-order chi connectivity index (χ0) is 20.7. The van der Waals surface area contributed by atoms with Crippen LogP contribution in [0, 0.1) is 11.8 Å². The summed E-state index contributed by atoms with van der Waals surface area (Å²) in [5, 5.41) is 10.7. The molecule has 3 heteroatoms. The minimum atomic E-state index is -0.514. The summed E-state index contributed by atoms with van der Waals surface area (Å²) in [6.45, 7) is 6.32. The Morgan fingerprint density at radius 3 is 2.54 bits per heavy atom. The monoisotopic (exact) mass is 392 g/mol. The van der Waals surface area contributed by atoms with Gasteiger partial charge in [-0.15, -0.1) is 0 Å². The lowest BCUT2D eigenvalue weighted by atomic mass is 9.87. The minimum absolute atomic E-state index is 0.172. The number of aliphatic hydroxyl groups is 1. The Hall–Kier alpha value is -1.09. The Morgan fingerprint density at radius 1 is 1.14 bits per heavy atom. The number of allylic oxidation sites excluding steroid dienone is 3. The van der Waals surface area contributed by atoms with E-state index in [0.29, 0.717) is 12.5 Å². The van der Waals surface area contributed by atoms with Crippen molar-refractivity contribution >= 4 is 5.97 Å². The van der Waals surface area contributed by atoms with Gasteiger partial charge in [0.2, 0.25) is 0 Å². The zero-order valence-electron chi connectivity index (χ0n) is 18.6. The third-order valence-electron chi connectivity index (χ3n) is 6.13. The molecule has 3 atom stereocenters. The molecule has 1 unspecified atom stereocenters. The van der Waals surface area contributed by atoms with E-state index >= 15 is 0 Å². The number of esters is 1. The van der Waals surface area contributed by atoms with Crippen LogP contribution in [0.5, 0.6) is 0 Å². The number of carbonyl (C=O) groups is 1. The first-order chi connectivity index (χ1) is 13.5. The van der Waals surface area contributed by atoms with E-state index in [4.69, 9.17) is 4.74 Å². The molecule has 0 aliphatic heterocycles. The van der Waals surface area contributed by atoms with Crippen molar-refractivity contribution in [2.45, 2.75) is 110 Å². The molecule has 162 valence electrons. The summed E-state index contributed by atoms with van der Waals surface area (Å²) >= 11 is 0. The van der Waals surface area contributed by atoms with Gasteiger partial charge in [-0.25, -0.2) is 0 Å². The first-order valence-electron chi connectivity index (χ1n) is 11.7. The number of hydrogen-bond acceptors (Lipinski definition) is 3. The van der Waals surface area contributed by atoms with E-state index in [2.05, 4.69) is 38.2 Å². The molecule has 0 fully saturated rings. The molecule has 1 N–H and O–H groups in total. The number of hydrogen-bond donors (Lipinski definition) is 1. The van der Waals surface area contributed by atoms with Gasteiger partial charge in [0, 0.05) is 6.92 Å². The summed E-state index contributed by atoms with van der Waals surface area (Å²) in [5.74, 6) is 1.12. The summed E-state index contributed by atoms with van der Waals surface area (Å²) in [7, 11) is 0. The summed E-state index contributed by atoms with van der Waals surface area (Å²) in [6, 6.07) is 0. The Bertz CT molecular complexity index is 468. The van der Waals surface area contributed by atoms with Crippen molar-refractivity contribution in [3.63, 3.8) is 0 Å². The maximum absolute atomic E-state index is 10.7. The molecule has 0 heterocycles. The SMILES string of the molecule is CCCCC(O)(CC)C/C=C/[C@H]1C=CC[C@@H]1CCCCCCCCOC(C)=O. The molecule has 0 aromatic rings. The Labute approximate surface area is 173 Å². The quantitative estimate of drug-likeness (QED) is 0.179. The van der Waals surface area contributed by atoms with Gasteiger partial charge in [0.1, 0.15) is 0 Å². The average molecular weight is 393 g/mol. The van der Waals surface area contributed by atoms with Gasteiger partial charge >= 0.3 is 5.97 Å². The maximum Gasteiger partial charge on any atom is 0.302 e. The third-order valence-corrected chi connectivity index (χ3v) is 6.13. The highest BCUT2D eigenvalue weighted by Crippen LogP contribution is 2.32. The van der Waals surface area contributed by atoms with Crippen molar-refractivity contribution in [1.29, 1.82) is 0 Å². The maximum atomic E-state index is 10.7. The number of rotatable bonds is 16. The van der Waals surface area contributed by atoms with Crippen LogP contribution in [0.4, 0.5) is 0 Å². The minimum Gasteiger partial charge on any atom is -0.466 e. The Balaban J connectivity index is 2.17. The van der Waals surface area contributed by atoms with Crippen molar-refractivity contribution in [3.05, 3.63) is 24.3 Å². The third kappa shape index (κ3) is 11.0. The fourth-order valence-electron chi connectivity index (χ4n) is 4.06. The molecule has 1 aliphatic carbocycles. The molecule has 0 radical (unpaired) electrons. The van der Waals surface area contributed by atoms with Crippen LogP contribution in [0.2, 0.25) is 0 Å². The summed E-state index contributed by atoms with van der Waals surface area (Å²) in [6.07, 6.45) is 23.8. The van der Waals surface area contributed by atoms with Crippen LogP contribution in [0.3, 0.4) is 0 Å². The molecular formula is C25H44O3. The van der Waals surface area contributed by atoms with Crippen molar-refractivity contribution in [2.24, 2.45) is 11.8 Å². The molecule has 1 rings (SSSR count). The topological polar surface area (TPSA) is 46.5 Å². The van der Waals surface area contributed by atoms with Crippen LogP contribution >= 0.6 is 0 Å². The molecule has 0 saturated carbocycles. The van der Waals surface area contributed by atoms with Gasteiger partial charge in [-0.3, -0.25) is 4.79 Å². The molecular weight excluding hydrogens is 348 g/mol. The summed E-state index contributed by atoms with van der Waals surface area (Å²) in [5.41, 5.74) is -0.514. The second-order valence-electron chi connectivity index (χ2n) is 8.57. The first-order valence-corrected chi connectivity index (χ1v) is 11.7. The van der Waals surface area contributed by atoms with Crippen LogP contribution < -0.4 is 0 Å². The standard InChI is InChI=1S/C25H44O3/c1-4-6-19-25(27,5-2)20-14-18-24-17-13-16-23(24)15-11-9-7-8-10-12-21-28-22(3)26/h13-14,17-18,23-24,27H,4-12,15-16,19-21H2,1-3H3/b18-14+/t23-,24+,25?/m0/s1. The van der Waals surface area contributed by atoms with E-state index in [1.807, 2.05) is 0 Å². The second kappa shape index (κ2) is 14.8. The summed E-state index contributed by atoms with van der Waals surface area (Å²) in [4.78, 5) is 10.7. The van der Waals surface area contributed by atoms with Gasteiger partial charge < -0.3 is 9.84 Å². The fraction of sp³-hybridized carbons (Fsp3) is 0.800. The molecule has 0 spiro atoms. The van der Waals surface area contributed by atoms with Gasteiger partial charge in [0.15, 0.2) is 0 Å². The van der Waals surface area contributed by atoms with Crippen LogP contribution in [-0.2, 0) is 9.53 Å². The molecule has 0 aromatic heterocycles. The molecule has 0 bridgehead atoms. The van der Waals surface area contributed by atoms with Crippen molar-refractivity contribution < 1.29 is 14.6 Å². The number of ether oxygens (including phenoxy) is 1. The van der Waals surface area contributed by atoms with E-state index in [-0.39, 0.29) is 5.97 Å². The predicted octanol–water partition coefficient (Wildman–Crippen LogP) is 6.75. The van der Waals surface area contributed by atoms with E-state index < -0.39 is 5.60 Å².